The van der Waals surface area contributed by atoms with Gasteiger partial charge in [-0.15, -0.1) is 0 Å². The van der Waals surface area contributed by atoms with E-state index >= 15 is 0 Å². The highest BCUT2D eigenvalue weighted by Gasteiger charge is 2.18. The first kappa shape index (κ1) is 16.2. The molecule has 0 aliphatic heterocycles. The van der Waals surface area contributed by atoms with Gasteiger partial charge in [-0.25, -0.2) is 4.79 Å². The molecule has 0 amide bonds. The lowest BCUT2D eigenvalue weighted by Gasteiger charge is -2.18. The zero-order chi connectivity index (χ0) is 15.1. The molecule has 110 valence electrons. The topological polar surface area (TPSA) is 66.8 Å². The predicted octanol–water partition coefficient (Wildman–Crippen LogP) is 1.92. The molecule has 1 atom stereocenters. The van der Waals surface area contributed by atoms with Crippen molar-refractivity contribution in [3.8, 4) is 5.75 Å². The largest absolute Gasteiger partial charge is 0.482 e. The minimum atomic E-state index is -1.03. The minimum absolute atomic E-state index is 0.0317. The summed E-state index contributed by atoms with van der Waals surface area (Å²) in [5.41, 5.74) is 0.626. The average molecular weight is 279 g/mol. The predicted molar refractivity (Wildman–Crippen MR) is 76.2 cm³/mol. The zero-order valence-corrected chi connectivity index (χ0v) is 12.1. The molecule has 0 fully saturated rings. The monoisotopic (exact) mass is 279 g/mol. The molecule has 1 rings (SSSR count). The summed E-state index contributed by atoms with van der Waals surface area (Å²) in [6.07, 6.45) is 0.786. The molecule has 5 heteroatoms. The van der Waals surface area contributed by atoms with Crippen LogP contribution >= 0.6 is 0 Å². The second kappa shape index (κ2) is 7.65. The van der Waals surface area contributed by atoms with Gasteiger partial charge in [-0.1, -0.05) is 6.92 Å². The Morgan fingerprint density at radius 2 is 1.85 bits per heavy atom. The quantitative estimate of drug-likeness (QED) is 0.736. The van der Waals surface area contributed by atoms with Crippen LogP contribution in [0.4, 0.5) is 0 Å². The fourth-order valence-corrected chi connectivity index (χ4v) is 1.93. The van der Waals surface area contributed by atoms with E-state index in [1.165, 1.54) is 0 Å². The Hall–Kier alpha value is -1.88. The molecular formula is C15H21NO4. The molecule has 1 N–H and O–H groups in total. The summed E-state index contributed by atoms with van der Waals surface area (Å²) < 4.78 is 5.03. The van der Waals surface area contributed by atoms with Crippen LogP contribution in [0.2, 0.25) is 0 Å². The van der Waals surface area contributed by atoms with Gasteiger partial charge in [0.1, 0.15) is 5.75 Å². The van der Waals surface area contributed by atoms with Gasteiger partial charge in [0.2, 0.25) is 0 Å². The summed E-state index contributed by atoms with van der Waals surface area (Å²) in [6, 6.07) is 6.60. The van der Waals surface area contributed by atoms with Crippen LogP contribution < -0.4 is 4.74 Å². The number of hydrogen-bond donors (Lipinski definition) is 1. The fraction of sp³-hybridized carbons (Fsp3) is 0.467. The highest BCUT2D eigenvalue weighted by Crippen LogP contribution is 2.17. The van der Waals surface area contributed by atoms with E-state index in [9.17, 15) is 9.59 Å². The molecule has 0 spiro atoms. The van der Waals surface area contributed by atoms with Crippen LogP contribution in [0.3, 0.4) is 0 Å². The van der Waals surface area contributed by atoms with Crippen LogP contribution in [0.15, 0.2) is 24.3 Å². The molecule has 0 aliphatic carbocycles. The second-order valence-corrected chi connectivity index (χ2v) is 4.94. The summed E-state index contributed by atoms with van der Waals surface area (Å²) in [6.45, 7) is 2.33. The Labute approximate surface area is 119 Å². The van der Waals surface area contributed by atoms with E-state index in [2.05, 4.69) is 0 Å². The van der Waals surface area contributed by atoms with E-state index in [1.54, 1.807) is 24.3 Å². The molecule has 1 unspecified atom stereocenters. The number of rotatable bonds is 8. The third-order valence-electron chi connectivity index (χ3n) is 2.95. The molecule has 0 saturated carbocycles. The number of ether oxygens (including phenoxy) is 1. The molecule has 0 bridgehead atoms. The van der Waals surface area contributed by atoms with Gasteiger partial charge in [-0.3, -0.25) is 4.79 Å². The molecule has 0 heterocycles. The summed E-state index contributed by atoms with van der Waals surface area (Å²) in [4.78, 5) is 24.7. The lowest BCUT2D eigenvalue weighted by Crippen LogP contribution is -2.27. The normalized spacial score (nSPS) is 12.2. The summed E-state index contributed by atoms with van der Waals surface area (Å²) >= 11 is 0. The van der Waals surface area contributed by atoms with Crippen molar-refractivity contribution in [1.29, 1.82) is 0 Å². The summed E-state index contributed by atoms with van der Waals surface area (Å²) in [7, 11) is 3.89. The Morgan fingerprint density at radius 1 is 1.25 bits per heavy atom. The molecule has 0 aromatic heterocycles. The van der Waals surface area contributed by atoms with Gasteiger partial charge in [0.25, 0.3) is 0 Å². The van der Waals surface area contributed by atoms with E-state index in [1.807, 2.05) is 25.9 Å². The van der Waals surface area contributed by atoms with Gasteiger partial charge in [-0.2, -0.15) is 0 Å². The van der Waals surface area contributed by atoms with Gasteiger partial charge in [0.05, 0.1) is 0 Å². The van der Waals surface area contributed by atoms with Crippen molar-refractivity contribution in [1.82, 2.24) is 4.90 Å². The van der Waals surface area contributed by atoms with Gasteiger partial charge >= 0.3 is 5.97 Å². The SMILES string of the molecule is CCC(CN(C)C)C(=O)c1ccc(OCC(=O)O)cc1. The van der Waals surface area contributed by atoms with Crippen molar-refractivity contribution in [3.05, 3.63) is 29.8 Å². The number of Topliss-reactive ketones (excluding diaryl/α,β-unsaturated/α-hetero) is 1. The first-order valence-corrected chi connectivity index (χ1v) is 6.57. The number of ketones is 1. The van der Waals surface area contributed by atoms with Crippen molar-refractivity contribution in [2.24, 2.45) is 5.92 Å². The number of hydrogen-bond acceptors (Lipinski definition) is 4. The van der Waals surface area contributed by atoms with Crippen molar-refractivity contribution in [2.45, 2.75) is 13.3 Å². The summed E-state index contributed by atoms with van der Waals surface area (Å²) in [5.74, 6) is -0.506. The van der Waals surface area contributed by atoms with Crippen molar-refractivity contribution < 1.29 is 19.4 Å². The van der Waals surface area contributed by atoms with E-state index in [4.69, 9.17) is 9.84 Å². The van der Waals surface area contributed by atoms with Crippen LogP contribution in [-0.4, -0.2) is 49.0 Å². The standard InChI is InChI=1S/C15H21NO4/c1-4-11(9-16(2)3)15(19)12-5-7-13(8-6-12)20-10-14(17)18/h5-8,11H,4,9-10H2,1-3H3,(H,17,18). The highest BCUT2D eigenvalue weighted by molar-refractivity contribution is 5.98. The smallest absolute Gasteiger partial charge is 0.341 e. The molecule has 5 nitrogen and oxygen atoms in total. The van der Waals surface area contributed by atoms with Crippen LogP contribution in [0, 0.1) is 5.92 Å². The average Bonchev–Trinajstić information content (AvgIpc) is 2.42. The minimum Gasteiger partial charge on any atom is -0.482 e. The maximum atomic E-state index is 12.3. The fourth-order valence-electron chi connectivity index (χ4n) is 1.93. The molecule has 0 saturated heterocycles. The number of carboxylic acids is 1. The van der Waals surface area contributed by atoms with E-state index in [-0.39, 0.29) is 18.3 Å². The lowest BCUT2D eigenvalue weighted by molar-refractivity contribution is -0.139. The molecule has 0 radical (unpaired) electrons. The molecular weight excluding hydrogens is 258 g/mol. The first-order chi connectivity index (χ1) is 9.43. The molecule has 1 aromatic rings. The van der Waals surface area contributed by atoms with E-state index < -0.39 is 5.97 Å². The third-order valence-corrected chi connectivity index (χ3v) is 2.95. The number of aliphatic carboxylic acids is 1. The number of nitrogens with zero attached hydrogens (tertiary/aromatic N) is 1. The Bertz CT molecular complexity index is 453. The Kier molecular flexibility index (Phi) is 6.18. The van der Waals surface area contributed by atoms with E-state index in [0.717, 1.165) is 6.42 Å². The van der Waals surface area contributed by atoms with Crippen LogP contribution in [-0.2, 0) is 4.79 Å². The lowest BCUT2D eigenvalue weighted by atomic mass is 9.95. The molecule has 1 aromatic carbocycles. The number of benzene rings is 1. The Balaban J connectivity index is 2.71. The van der Waals surface area contributed by atoms with Crippen LogP contribution in [0.1, 0.15) is 23.7 Å². The number of carbonyl (C=O) groups is 2. The Morgan fingerprint density at radius 3 is 2.30 bits per heavy atom. The van der Waals surface area contributed by atoms with Crippen molar-refractivity contribution >= 4 is 11.8 Å². The number of carbonyl (C=O) groups excluding carboxylic acids is 1. The van der Waals surface area contributed by atoms with Gasteiger partial charge < -0.3 is 14.7 Å². The van der Waals surface area contributed by atoms with Gasteiger partial charge in [0, 0.05) is 18.0 Å². The third kappa shape index (κ3) is 5.01. The maximum Gasteiger partial charge on any atom is 0.341 e. The van der Waals surface area contributed by atoms with Gasteiger partial charge in [-0.05, 0) is 44.8 Å². The van der Waals surface area contributed by atoms with E-state index in [0.29, 0.717) is 17.9 Å². The summed E-state index contributed by atoms with van der Waals surface area (Å²) in [5, 5.41) is 8.52. The van der Waals surface area contributed by atoms with Crippen LogP contribution in [0.5, 0.6) is 5.75 Å². The number of carboxylic acid groups (broad SMARTS) is 1. The van der Waals surface area contributed by atoms with Crippen molar-refractivity contribution in [3.63, 3.8) is 0 Å². The van der Waals surface area contributed by atoms with Crippen LogP contribution in [0.25, 0.3) is 0 Å². The molecule has 0 aliphatic rings. The maximum absolute atomic E-state index is 12.3. The van der Waals surface area contributed by atoms with Gasteiger partial charge in [0.15, 0.2) is 12.4 Å². The van der Waals surface area contributed by atoms with Crippen molar-refractivity contribution in [2.75, 3.05) is 27.2 Å². The zero-order valence-electron chi connectivity index (χ0n) is 12.1. The molecule has 20 heavy (non-hydrogen) atoms. The first-order valence-electron chi connectivity index (χ1n) is 6.57. The second-order valence-electron chi connectivity index (χ2n) is 4.94. The highest BCUT2D eigenvalue weighted by atomic mass is 16.5.